The molecule has 2 amide bonds. The Morgan fingerprint density at radius 2 is 1.76 bits per heavy atom. The van der Waals surface area contributed by atoms with Gasteiger partial charge in [0.15, 0.2) is 0 Å². The predicted molar refractivity (Wildman–Crippen MR) is 113 cm³/mol. The van der Waals surface area contributed by atoms with Gasteiger partial charge in [0, 0.05) is 18.0 Å². The molecule has 2 aromatic rings. The number of hydrogen-bond acceptors (Lipinski definition) is 2. The van der Waals surface area contributed by atoms with E-state index in [1.54, 1.807) is 19.1 Å². The number of carbonyl (C=O) groups excluding carboxylic acids is 2. The third-order valence-corrected chi connectivity index (χ3v) is 5.74. The molecule has 2 aromatic carbocycles. The third kappa shape index (κ3) is 5.89. The molecule has 29 heavy (non-hydrogen) atoms. The molecule has 0 spiro atoms. The largest absolute Gasteiger partial charge is 0.344 e. The van der Waals surface area contributed by atoms with Gasteiger partial charge in [0.2, 0.25) is 11.8 Å². The van der Waals surface area contributed by atoms with Gasteiger partial charge < -0.3 is 10.6 Å². The van der Waals surface area contributed by atoms with Gasteiger partial charge in [-0.15, -0.1) is 0 Å². The van der Waals surface area contributed by atoms with Crippen LogP contribution >= 0.6 is 0 Å². The summed E-state index contributed by atoms with van der Waals surface area (Å²) in [6.45, 7) is 3.88. The summed E-state index contributed by atoms with van der Waals surface area (Å²) in [5, 5.41) is 5.70. The summed E-state index contributed by atoms with van der Waals surface area (Å²) in [6.07, 6.45) is 4.17. The van der Waals surface area contributed by atoms with Crippen LogP contribution in [-0.4, -0.2) is 17.9 Å². The molecule has 2 N–H and O–H groups in total. The Bertz CT molecular complexity index is 845. The van der Waals surface area contributed by atoms with Gasteiger partial charge in [-0.2, -0.15) is 0 Å². The number of carbonyl (C=O) groups is 2. The van der Waals surface area contributed by atoms with Crippen molar-refractivity contribution in [2.75, 3.05) is 5.32 Å². The van der Waals surface area contributed by atoms with E-state index in [9.17, 15) is 14.0 Å². The van der Waals surface area contributed by atoms with E-state index < -0.39 is 6.04 Å². The van der Waals surface area contributed by atoms with Crippen LogP contribution < -0.4 is 10.6 Å². The molecule has 0 unspecified atom stereocenters. The molecular weight excluding hydrogens is 367 g/mol. The quantitative estimate of drug-likeness (QED) is 0.748. The summed E-state index contributed by atoms with van der Waals surface area (Å²) in [6, 6.07) is 13.5. The lowest BCUT2D eigenvalue weighted by atomic mass is 9.82. The molecule has 3 rings (SSSR count). The van der Waals surface area contributed by atoms with Crippen LogP contribution in [0.4, 0.5) is 10.1 Å². The van der Waals surface area contributed by atoms with Gasteiger partial charge in [-0.05, 0) is 61.8 Å². The highest BCUT2D eigenvalue weighted by Crippen LogP contribution is 2.28. The van der Waals surface area contributed by atoms with E-state index in [2.05, 4.69) is 17.6 Å². The Morgan fingerprint density at radius 3 is 2.41 bits per heavy atom. The van der Waals surface area contributed by atoms with Gasteiger partial charge in [0.1, 0.15) is 11.9 Å². The molecule has 1 atom stereocenters. The molecule has 1 aliphatic rings. The van der Waals surface area contributed by atoms with Crippen molar-refractivity contribution in [2.24, 2.45) is 11.8 Å². The van der Waals surface area contributed by atoms with Crippen molar-refractivity contribution in [3.63, 3.8) is 0 Å². The summed E-state index contributed by atoms with van der Waals surface area (Å²) < 4.78 is 13.8. The summed E-state index contributed by atoms with van der Waals surface area (Å²) in [5.74, 6) is -0.173. The first-order chi connectivity index (χ1) is 13.9. The van der Waals surface area contributed by atoms with Crippen LogP contribution in [0.1, 0.15) is 43.7 Å². The van der Waals surface area contributed by atoms with Crippen molar-refractivity contribution in [2.45, 2.75) is 52.0 Å². The predicted octanol–water partition coefficient (Wildman–Crippen LogP) is 4.63. The molecule has 0 aromatic heterocycles. The second-order valence-electron chi connectivity index (χ2n) is 8.16. The van der Waals surface area contributed by atoms with Crippen molar-refractivity contribution in [3.8, 4) is 0 Å². The zero-order chi connectivity index (χ0) is 20.8. The molecule has 154 valence electrons. The number of halogens is 1. The molecule has 0 radical (unpaired) electrons. The van der Waals surface area contributed by atoms with Crippen molar-refractivity contribution >= 4 is 17.5 Å². The lowest BCUT2D eigenvalue weighted by Gasteiger charge is -2.27. The smallest absolute Gasteiger partial charge is 0.247 e. The number of anilines is 1. The number of rotatable bonds is 6. The standard InChI is InChI=1S/C24H29FN2O2/c1-16-8-11-19(12-9-16)23(28)27-22(14-18-6-4-3-5-7-18)24(29)26-20-13-10-17(2)21(25)15-20/h3-7,10,13,15-16,19,22H,8-9,11-12,14H2,1-2H3,(H,26,29)(H,27,28)/t16?,19?,22-/m0/s1. The maximum absolute atomic E-state index is 13.8. The average Bonchev–Trinajstić information content (AvgIpc) is 2.71. The highest BCUT2D eigenvalue weighted by atomic mass is 19.1. The van der Waals surface area contributed by atoms with Crippen molar-refractivity contribution in [3.05, 3.63) is 65.5 Å². The SMILES string of the molecule is Cc1ccc(NC(=O)[C@H](Cc2ccccc2)NC(=O)C2CCC(C)CC2)cc1F. The van der Waals surface area contributed by atoms with E-state index in [-0.39, 0.29) is 23.5 Å². The Balaban J connectivity index is 1.72. The van der Waals surface area contributed by atoms with E-state index in [1.807, 2.05) is 30.3 Å². The Hall–Kier alpha value is -2.69. The normalized spacial score (nSPS) is 20.0. The van der Waals surface area contributed by atoms with Gasteiger partial charge in [0.25, 0.3) is 0 Å². The minimum absolute atomic E-state index is 0.0471. The first-order valence-electron chi connectivity index (χ1n) is 10.3. The Kier molecular flexibility index (Phi) is 7.02. The molecule has 1 fully saturated rings. The molecule has 0 aliphatic heterocycles. The monoisotopic (exact) mass is 396 g/mol. The second-order valence-corrected chi connectivity index (χ2v) is 8.16. The van der Waals surface area contributed by atoms with Crippen LogP contribution in [0.15, 0.2) is 48.5 Å². The van der Waals surface area contributed by atoms with Gasteiger partial charge >= 0.3 is 0 Å². The van der Waals surface area contributed by atoms with Crippen molar-refractivity contribution in [1.29, 1.82) is 0 Å². The second kappa shape index (κ2) is 9.68. The fraction of sp³-hybridized carbons (Fsp3) is 0.417. The van der Waals surface area contributed by atoms with E-state index in [1.165, 1.54) is 6.07 Å². The van der Waals surface area contributed by atoms with Gasteiger partial charge in [0.05, 0.1) is 0 Å². The van der Waals surface area contributed by atoms with Crippen LogP contribution in [0.25, 0.3) is 0 Å². The summed E-state index contributed by atoms with van der Waals surface area (Å²) in [5.41, 5.74) is 1.86. The van der Waals surface area contributed by atoms with Crippen LogP contribution in [0.3, 0.4) is 0 Å². The highest BCUT2D eigenvalue weighted by molar-refractivity contribution is 5.97. The van der Waals surface area contributed by atoms with Crippen LogP contribution in [0.2, 0.25) is 0 Å². The van der Waals surface area contributed by atoms with E-state index >= 15 is 0 Å². The minimum Gasteiger partial charge on any atom is -0.344 e. The molecule has 0 saturated heterocycles. The number of amides is 2. The molecule has 5 heteroatoms. The zero-order valence-corrected chi connectivity index (χ0v) is 17.1. The van der Waals surface area contributed by atoms with Crippen molar-refractivity contribution in [1.82, 2.24) is 5.32 Å². The van der Waals surface area contributed by atoms with Gasteiger partial charge in [-0.1, -0.05) is 43.3 Å². The van der Waals surface area contributed by atoms with Crippen molar-refractivity contribution < 1.29 is 14.0 Å². The van der Waals surface area contributed by atoms with Crippen LogP contribution in [0, 0.1) is 24.6 Å². The first kappa shape index (κ1) is 21.0. The van der Waals surface area contributed by atoms with Gasteiger partial charge in [-0.25, -0.2) is 4.39 Å². The molecule has 1 aliphatic carbocycles. The minimum atomic E-state index is -0.714. The first-order valence-corrected chi connectivity index (χ1v) is 10.3. The fourth-order valence-corrected chi connectivity index (χ4v) is 3.77. The Morgan fingerprint density at radius 1 is 1.07 bits per heavy atom. The molecule has 1 saturated carbocycles. The summed E-state index contributed by atoms with van der Waals surface area (Å²) in [4.78, 5) is 25.7. The van der Waals surface area contributed by atoms with Crippen LogP contribution in [0.5, 0.6) is 0 Å². The molecule has 4 nitrogen and oxygen atoms in total. The van der Waals surface area contributed by atoms with E-state index in [4.69, 9.17) is 0 Å². The summed E-state index contributed by atoms with van der Waals surface area (Å²) in [7, 11) is 0. The highest BCUT2D eigenvalue weighted by Gasteiger charge is 2.28. The maximum Gasteiger partial charge on any atom is 0.247 e. The van der Waals surface area contributed by atoms with Crippen LogP contribution in [-0.2, 0) is 16.0 Å². The maximum atomic E-state index is 13.8. The van der Waals surface area contributed by atoms with E-state index in [0.29, 0.717) is 23.6 Å². The number of aryl methyl sites for hydroxylation is 1. The number of nitrogens with one attached hydrogen (secondary N) is 2. The molecule has 0 heterocycles. The summed E-state index contributed by atoms with van der Waals surface area (Å²) >= 11 is 0. The third-order valence-electron chi connectivity index (χ3n) is 5.74. The topological polar surface area (TPSA) is 58.2 Å². The molecule has 0 bridgehead atoms. The average molecular weight is 397 g/mol. The van der Waals surface area contributed by atoms with Gasteiger partial charge in [-0.3, -0.25) is 9.59 Å². The number of hydrogen-bond donors (Lipinski definition) is 2. The molecular formula is C24H29FN2O2. The lowest BCUT2D eigenvalue weighted by molar-refractivity contribution is -0.130. The zero-order valence-electron chi connectivity index (χ0n) is 17.1. The lowest BCUT2D eigenvalue weighted by Crippen LogP contribution is -2.47. The Labute approximate surface area is 171 Å². The van der Waals surface area contributed by atoms with E-state index in [0.717, 1.165) is 31.2 Å². The number of benzene rings is 2. The fourth-order valence-electron chi connectivity index (χ4n) is 3.77.